The zero-order valence-electron chi connectivity index (χ0n) is 14.7. The normalized spacial score (nSPS) is 10.1. The van der Waals surface area contributed by atoms with Crippen LogP contribution >= 0.6 is 15.9 Å². The van der Waals surface area contributed by atoms with Crippen LogP contribution in [0.25, 0.3) is 0 Å². The Hall–Kier alpha value is -2.54. The van der Waals surface area contributed by atoms with Crippen molar-refractivity contribution >= 4 is 27.7 Å². The summed E-state index contributed by atoms with van der Waals surface area (Å²) in [6, 6.07) is 12.2. The third-order valence-corrected chi connectivity index (χ3v) is 4.11. The van der Waals surface area contributed by atoms with Crippen molar-refractivity contribution in [1.29, 1.82) is 0 Å². The number of hydrazine groups is 1. The van der Waals surface area contributed by atoms with E-state index in [4.69, 9.17) is 9.47 Å². The minimum atomic E-state index is -0.407. The number of carbonyl (C=O) groups is 2. The third kappa shape index (κ3) is 5.77. The van der Waals surface area contributed by atoms with Gasteiger partial charge in [0.05, 0.1) is 24.6 Å². The van der Waals surface area contributed by atoms with Gasteiger partial charge in [-0.05, 0) is 58.2 Å². The summed E-state index contributed by atoms with van der Waals surface area (Å²) < 4.78 is 11.3. The molecule has 2 aromatic carbocycles. The Morgan fingerprint density at radius 2 is 1.81 bits per heavy atom. The molecule has 0 atom stereocenters. The van der Waals surface area contributed by atoms with Crippen molar-refractivity contribution in [3.63, 3.8) is 0 Å². The first kappa shape index (κ1) is 19.8. The molecule has 0 bridgehead atoms. The lowest BCUT2D eigenvalue weighted by atomic mass is 10.1. The molecule has 138 valence electrons. The SMILES string of the molecule is CCCOc1ccc(C(=O)NNC(=O)Cc2ccc(OC)cc2)cc1Br. The zero-order valence-corrected chi connectivity index (χ0v) is 16.3. The summed E-state index contributed by atoms with van der Waals surface area (Å²) in [6.07, 6.45) is 1.05. The number of rotatable bonds is 7. The molecule has 0 saturated heterocycles. The lowest BCUT2D eigenvalue weighted by molar-refractivity contribution is -0.121. The molecule has 2 aromatic rings. The number of carbonyl (C=O) groups excluding carboxylic acids is 2. The lowest BCUT2D eigenvalue weighted by Gasteiger charge is -2.10. The van der Waals surface area contributed by atoms with E-state index in [1.807, 2.05) is 6.92 Å². The highest BCUT2D eigenvalue weighted by Gasteiger charge is 2.11. The highest BCUT2D eigenvalue weighted by molar-refractivity contribution is 9.10. The van der Waals surface area contributed by atoms with Crippen LogP contribution in [0.2, 0.25) is 0 Å². The van der Waals surface area contributed by atoms with Gasteiger partial charge in [0.15, 0.2) is 0 Å². The third-order valence-electron chi connectivity index (χ3n) is 3.49. The fourth-order valence-corrected chi connectivity index (χ4v) is 2.64. The Morgan fingerprint density at radius 1 is 1.08 bits per heavy atom. The van der Waals surface area contributed by atoms with Gasteiger partial charge < -0.3 is 9.47 Å². The Labute approximate surface area is 161 Å². The minimum Gasteiger partial charge on any atom is -0.497 e. The van der Waals surface area contributed by atoms with Crippen LogP contribution < -0.4 is 20.3 Å². The molecule has 0 spiro atoms. The van der Waals surface area contributed by atoms with Gasteiger partial charge in [-0.25, -0.2) is 0 Å². The zero-order chi connectivity index (χ0) is 18.9. The van der Waals surface area contributed by atoms with Gasteiger partial charge in [-0.2, -0.15) is 0 Å². The molecule has 7 heteroatoms. The van der Waals surface area contributed by atoms with E-state index >= 15 is 0 Å². The summed E-state index contributed by atoms with van der Waals surface area (Å²) >= 11 is 3.38. The molecular formula is C19H21BrN2O4. The number of amides is 2. The van der Waals surface area contributed by atoms with Crippen molar-refractivity contribution in [2.45, 2.75) is 19.8 Å². The largest absolute Gasteiger partial charge is 0.497 e. The number of benzene rings is 2. The van der Waals surface area contributed by atoms with Crippen LogP contribution in [0.4, 0.5) is 0 Å². The quantitative estimate of drug-likeness (QED) is 0.673. The van der Waals surface area contributed by atoms with Crippen LogP contribution in [0, 0.1) is 0 Å². The average Bonchev–Trinajstić information content (AvgIpc) is 2.65. The lowest BCUT2D eigenvalue weighted by Crippen LogP contribution is -2.42. The van der Waals surface area contributed by atoms with Crippen molar-refractivity contribution in [2.24, 2.45) is 0 Å². The van der Waals surface area contributed by atoms with E-state index in [9.17, 15) is 9.59 Å². The molecule has 6 nitrogen and oxygen atoms in total. The smallest absolute Gasteiger partial charge is 0.269 e. The van der Waals surface area contributed by atoms with Crippen molar-refractivity contribution in [3.05, 3.63) is 58.1 Å². The molecule has 0 radical (unpaired) electrons. The number of methoxy groups -OCH3 is 1. The molecule has 0 aliphatic carbocycles. The Bertz CT molecular complexity index is 763. The number of hydrogen-bond donors (Lipinski definition) is 2. The van der Waals surface area contributed by atoms with Gasteiger partial charge in [0.1, 0.15) is 11.5 Å². The van der Waals surface area contributed by atoms with E-state index in [1.54, 1.807) is 49.6 Å². The van der Waals surface area contributed by atoms with Gasteiger partial charge in [-0.3, -0.25) is 20.4 Å². The van der Waals surface area contributed by atoms with E-state index in [0.717, 1.165) is 17.7 Å². The molecule has 2 rings (SSSR count). The maximum absolute atomic E-state index is 12.2. The van der Waals surface area contributed by atoms with Crippen molar-refractivity contribution in [3.8, 4) is 11.5 Å². The highest BCUT2D eigenvalue weighted by Crippen LogP contribution is 2.26. The average molecular weight is 421 g/mol. The fraction of sp³-hybridized carbons (Fsp3) is 0.263. The first-order chi connectivity index (χ1) is 12.5. The Morgan fingerprint density at radius 3 is 2.42 bits per heavy atom. The van der Waals surface area contributed by atoms with Gasteiger partial charge >= 0.3 is 0 Å². The first-order valence-corrected chi connectivity index (χ1v) is 8.97. The van der Waals surface area contributed by atoms with E-state index in [1.165, 1.54) is 0 Å². The standard InChI is InChI=1S/C19H21BrN2O4/c1-3-10-26-17-9-6-14(12-16(17)20)19(24)22-21-18(23)11-13-4-7-15(25-2)8-5-13/h4-9,12H,3,10-11H2,1-2H3,(H,21,23)(H,22,24). The summed E-state index contributed by atoms with van der Waals surface area (Å²) in [5.41, 5.74) is 6.04. The highest BCUT2D eigenvalue weighted by atomic mass is 79.9. The molecule has 0 fully saturated rings. The van der Waals surface area contributed by atoms with Crippen LogP contribution in [0.5, 0.6) is 11.5 Å². The molecule has 2 amide bonds. The van der Waals surface area contributed by atoms with Crippen LogP contribution in [0.3, 0.4) is 0 Å². The van der Waals surface area contributed by atoms with E-state index in [-0.39, 0.29) is 12.3 Å². The van der Waals surface area contributed by atoms with Crippen molar-refractivity contribution in [1.82, 2.24) is 10.9 Å². The predicted molar refractivity (Wildman–Crippen MR) is 102 cm³/mol. The number of hydrogen-bond acceptors (Lipinski definition) is 4. The molecule has 0 heterocycles. The maximum atomic E-state index is 12.2. The first-order valence-electron chi connectivity index (χ1n) is 8.18. The fourth-order valence-electron chi connectivity index (χ4n) is 2.14. The van der Waals surface area contributed by atoms with Crippen LogP contribution in [-0.4, -0.2) is 25.5 Å². The van der Waals surface area contributed by atoms with Gasteiger partial charge in [-0.15, -0.1) is 0 Å². The number of halogens is 1. The number of nitrogens with one attached hydrogen (secondary N) is 2. The topological polar surface area (TPSA) is 76.7 Å². The van der Waals surface area contributed by atoms with Gasteiger partial charge in [-0.1, -0.05) is 19.1 Å². The molecule has 0 aromatic heterocycles. The maximum Gasteiger partial charge on any atom is 0.269 e. The van der Waals surface area contributed by atoms with Gasteiger partial charge in [0.2, 0.25) is 5.91 Å². The molecule has 0 saturated carbocycles. The summed E-state index contributed by atoms with van der Waals surface area (Å²) in [7, 11) is 1.58. The van der Waals surface area contributed by atoms with Crippen LogP contribution in [-0.2, 0) is 11.2 Å². The predicted octanol–water partition coefficient (Wildman–Crippen LogP) is 3.25. The summed E-state index contributed by atoms with van der Waals surface area (Å²) in [4.78, 5) is 24.1. The second kappa shape index (κ2) is 9.82. The van der Waals surface area contributed by atoms with Crippen LogP contribution in [0.15, 0.2) is 46.9 Å². The summed E-state index contributed by atoms with van der Waals surface area (Å²) in [5.74, 6) is 0.674. The van der Waals surface area contributed by atoms with Crippen molar-refractivity contribution < 1.29 is 19.1 Å². The van der Waals surface area contributed by atoms with E-state index in [2.05, 4.69) is 26.8 Å². The summed E-state index contributed by atoms with van der Waals surface area (Å²) in [5, 5.41) is 0. The summed E-state index contributed by atoms with van der Waals surface area (Å²) in [6.45, 7) is 2.62. The van der Waals surface area contributed by atoms with E-state index in [0.29, 0.717) is 22.4 Å². The second-order valence-electron chi connectivity index (χ2n) is 5.52. The van der Waals surface area contributed by atoms with E-state index < -0.39 is 5.91 Å². The molecular weight excluding hydrogens is 400 g/mol. The Balaban J connectivity index is 1.87. The molecule has 2 N–H and O–H groups in total. The molecule has 0 aliphatic heterocycles. The van der Waals surface area contributed by atoms with Gasteiger partial charge in [0, 0.05) is 5.56 Å². The van der Waals surface area contributed by atoms with Gasteiger partial charge in [0.25, 0.3) is 5.91 Å². The van der Waals surface area contributed by atoms with Crippen LogP contribution in [0.1, 0.15) is 29.3 Å². The van der Waals surface area contributed by atoms with Crippen molar-refractivity contribution in [2.75, 3.05) is 13.7 Å². The molecule has 26 heavy (non-hydrogen) atoms. The minimum absolute atomic E-state index is 0.151. The Kier molecular flexibility index (Phi) is 7.47. The molecule has 0 aliphatic rings. The second-order valence-corrected chi connectivity index (χ2v) is 6.38. The monoisotopic (exact) mass is 420 g/mol. The number of ether oxygens (including phenoxy) is 2. The molecule has 0 unspecified atom stereocenters.